The molecule has 1 aromatic carbocycles. The molecule has 0 spiro atoms. The molecule has 2 unspecified atom stereocenters. The molecule has 2 N–H and O–H groups in total. The number of amides is 1. The van der Waals surface area contributed by atoms with Crippen molar-refractivity contribution < 1.29 is 9.90 Å². The van der Waals surface area contributed by atoms with Gasteiger partial charge in [-0.2, -0.15) is 0 Å². The van der Waals surface area contributed by atoms with Crippen molar-refractivity contribution in [2.45, 2.75) is 30.6 Å². The van der Waals surface area contributed by atoms with Gasteiger partial charge in [0.2, 0.25) is 0 Å². The van der Waals surface area contributed by atoms with E-state index in [1.807, 2.05) is 30.5 Å². The highest BCUT2D eigenvalue weighted by Crippen LogP contribution is 2.29. The molecule has 2 rings (SSSR count). The van der Waals surface area contributed by atoms with Gasteiger partial charge < -0.3 is 10.4 Å². The summed E-state index contributed by atoms with van der Waals surface area (Å²) in [5.74, 6) is 0.756. The van der Waals surface area contributed by atoms with E-state index >= 15 is 0 Å². The van der Waals surface area contributed by atoms with E-state index in [4.69, 9.17) is 0 Å². The maximum Gasteiger partial charge on any atom is 0.251 e. The Hall–Kier alpha value is -1.00. The molecule has 0 bridgehead atoms. The predicted octanol–water partition coefficient (Wildman–Crippen LogP) is 2.94. The molecule has 1 aromatic rings. The summed E-state index contributed by atoms with van der Waals surface area (Å²) in [6.45, 7) is 0.914. The fourth-order valence-corrected chi connectivity index (χ4v) is 3.27. The molecule has 1 saturated carbocycles. The zero-order valence-corrected chi connectivity index (χ0v) is 12.8. The molecule has 0 heterocycles. The van der Waals surface area contributed by atoms with Gasteiger partial charge in [-0.3, -0.25) is 4.79 Å². The van der Waals surface area contributed by atoms with Crippen LogP contribution in [0.3, 0.4) is 0 Å². The minimum atomic E-state index is -0.0140. The third kappa shape index (κ3) is 4.00. The van der Waals surface area contributed by atoms with Gasteiger partial charge in [0.15, 0.2) is 0 Å². The lowest BCUT2D eigenvalue weighted by atomic mass is 9.79. The second-order valence-electron chi connectivity index (χ2n) is 5.43. The summed E-state index contributed by atoms with van der Waals surface area (Å²) in [6.07, 6.45) is 6.62. The first-order valence-electron chi connectivity index (χ1n) is 7.27. The van der Waals surface area contributed by atoms with Gasteiger partial charge in [-0.05, 0) is 55.2 Å². The average molecular weight is 293 g/mol. The standard InChI is InChI=1S/C16H23NO2S/c1-20-15-8-6-12(7-9-15)16(19)17-10-13-4-2-3-5-14(13)11-18/h6-9,13-14,18H,2-5,10-11H2,1H3,(H,17,19). The van der Waals surface area contributed by atoms with E-state index in [2.05, 4.69) is 5.32 Å². The lowest BCUT2D eigenvalue weighted by molar-refractivity contribution is 0.0909. The summed E-state index contributed by atoms with van der Waals surface area (Å²) in [5, 5.41) is 12.4. The summed E-state index contributed by atoms with van der Waals surface area (Å²) in [4.78, 5) is 13.3. The molecule has 0 radical (unpaired) electrons. The number of rotatable bonds is 5. The van der Waals surface area contributed by atoms with Crippen LogP contribution in [0, 0.1) is 11.8 Å². The first-order chi connectivity index (χ1) is 9.74. The predicted molar refractivity (Wildman–Crippen MR) is 83.1 cm³/mol. The van der Waals surface area contributed by atoms with Crippen LogP contribution < -0.4 is 5.32 Å². The molecule has 0 aromatic heterocycles. The summed E-state index contributed by atoms with van der Waals surface area (Å²) in [6, 6.07) is 7.67. The van der Waals surface area contributed by atoms with Crippen LogP contribution in [-0.2, 0) is 0 Å². The fourth-order valence-electron chi connectivity index (χ4n) is 2.86. The summed E-state index contributed by atoms with van der Waals surface area (Å²) >= 11 is 1.67. The third-order valence-electron chi connectivity index (χ3n) is 4.18. The molecule has 1 aliphatic rings. The number of aliphatic hydroxyl groups excluding tert-OH is 1. The van der Waals surface area contributed by atoms with E-state index in [1.165, 1.54) is 12.8 Å². The van der Waals surface area contributed by atoms with Crippen LogP contribution in [-0.4, -0.2) is 30.4 Å². The summed E-state index contributed by atoms with van der Waals surface area (Å²) in [7, 11) is 0. The topological polar surface area (TPSA) is 49.3 Å². The van der Waals surface area contributed by atoms with Crippen LogP contribution in [0.5, 0.6) is 0 Å². The van der Waals surface area contributed by atoms with Crippen LogP contribution in [0.15, 0.2) is 29.2 Å². The second kappa shape index (κ2) is 7.70. The van der Waals surface area contributed by atoms with Gasteiger partial charge in [0.25, 0.3) is 5.91 Å². The van der Waals surface area contributed by atoms with Gasteiger partial charge in [-0.1, -0.05) is 12.8 Å². The molecule has 4 heteroatoms. The molecular weight excluding hydrogens is 270 g/mol. The monoisotopic (exact) mass is 293 g/mol. The molecule has 110 valence electrons. The van der Waals surface area contributed by atoms with Crippen molar-refractivity contribution in [1.82, 2.24) is 5.32 Å². The van der Waals surface area contributed by atoms with Crippen LogP contribution in [0.25, 0.3) is 0 Å². The quantitative estimate of drug-likeness (QED) is 0.821. The molecule has 2 atom stereocenters. The van der Waals surface area contributed by atoms with Gasteiger partial charge in [-0.25, -0.2) is 0 Å². The van der Waals surface area contributed by atoms with E-state index in [1.54, 1.807) is 11.8 Å². The van der Waals surface area contributed by atoms with E-state index in [-0.39, 0.29) is 12.5 Å². The van der Waals surface area contributed by atoms with Crippen LogP contribution in [0.1, 0.15) is 36.0 Å². The van der Waals surface area contributed by atoms with E-state index in [0.29, 0.717) is 23.9 Å². The Balaban J connectivity index is 1.87. The number of aliphatic hydroxyl groups is 1. The first kappa shape index (κ1) is 15.4. The van der Waals surface area contributed by atoms with Crippen LogP contribution >= 0.6 is 11.8 Å². The maximum atomic E-state index is 12.1. The maximum absolute atomic E-state index is 12.1. The Bertz CT molecular complexity index is 433. The van der Waals surface area contributed by atoms with Crippen molar-refractivity contribution in [3.05, 3.63) is 29.8 Å². The largest absolute Gasteiger partial charge is 0.396 e. The Morgan fingerprint density at radius 2 is 1.90 bits per heavy atom. The lowest BCUT2D eigenvalue weighted by Crippen LogP contribution is -2.35. The highest BCUT2D eigenvalue weighted by molar-refractivity contribution is 7.98. The van der Waals surface area contributed by atoms with Crippen molar-refractivity contribution in [2.75, 3.05) is 19.4 Å². The Morgan fingerprint density at radius 1 is 1.25 bits per heavy atom. The molecule has 1 aliphatic carbocycles. The second-order valence-corrected chi connectivity index (χ2v) is 6.31. The fraction of sp³-hybridized carbons (Fsp3) is 0.562. The van der Waals surface area contributed by atoms with E-state index in [9.17, 15) is 9.90 Å². The Morgan fingerprint density at radius 3 is 2.50 bits per heavy atom. The van der Waals surface area contributed by atoms with Crippen LogP contribution in [0.2, 0.25) is 0 Å². The smallest absolute Gasteiger partial charge is 0.251 e. The first-order valence-corrected chi connectivity index (χ1v) is 8.50. The Labute approximate surface area is 125 Å². The normalized spacial score (nSPS) is 22.5. The number of nitrogens with one attached hydrogen (secondary N) is 1. The highest BCUT2D eigenvalue weighted by Gasteiger charge is 2.24. The number of hydrogen-bond acceptors (Lipinski definition) is 3. The zero-order chi connectivity index (χ0) is 14.4. The summed E-state index contributed by atoms with van der Waals surface area (Å²) in [5.41, 5.74) is 0.708. The SMILES string of the molecule is CSc1ccc(C(=O)NCC2CCCCC2CO)cc1. The third-order valence-corrected chi connectivity index (χ3v) is 4.92. The van der Waals surface area contributed by atoms with Gasteiger partial charge in [-0.15, -0.1) is 11.8 Å². The minimum Gasteiger partial charge on any atom is -0.396 e. The molecule has 0 aliphatic heterocycles. The van der Waals surface area contributed by atoms with Gasteiger partial charge >= 0.3 is 0 Å². The number of carbonyl (C=O) groups excluding carboxylic acids is 1. The van der Waals surface area contributed by atoms with Gasteiger partial charge in [0.05, 0.1) is 0 Å². The number of hydrogen-bond donors (Lipinski definition) is 2. The van der Waals surface area contributed by atoms with Gasteiger partial charge in [0.1, 0.15) is 0 Å². The summed E-state index contributed by atoms with van der Waals surface area (Å²) < 4.78 is 0. The molecule has 0 saturated heterocycles. The molecule has 20 heavy (non-hydrogen) atoms. The minimum absolute atomic E-state index is 0.0140. The number of thioether (sulfide) groups is 1. The van der Waals surface area contributed by atoms with Crippen molar-refractivity contribution >= 4 is 17.7 Å². The van der Waals surface area contributed by atoms with Crippen LogP contribution in [0.4, 0.5) is 0 Å². The molecule has 1 fully saturated rings. The van der Waals surface area contributed by atoms with Crippen molar-refractivity contribution in [3.8, 4) is 0 Å². The molecule has 1 amide bonds. The molecular formula is C16H23NO2S. The van der Waals surface area contributed by atoms with Crippen molar-refractivity contribution in [1.29, 1.82) is 0 Å². The van der Waals surface area contributed by atoms with Crippen molar-refractivity contribution in [3.63, 3.8) is 0 Å². The number of benzene rings is 1. The highest BCUT2D eigenvalue weighted by atomic mass is 32.2. The Kier molecular flexibility index (Phi) is 5.92. The lowest BCUT2D eigenvalue weighted by Gasteiger charge is -2.30. The van der Waals surface area contributed by atoms with E-state index in [0.717, 1.165) is 17.7 Å². The number of carbonyl (C=O) groups is 1. The van der Waals surface area contributed by atoms with Gasteiger partial charge in [0, 0.05) is 23.6 Å². The van der Waals surface area contributed by atoms with E-state index < -0.39 is 0 Å². The zero-order valence-electron chi connectivity index (χ0n) is 12.0. The van der Waals surface area contributed by atoms with Crippen molar-refractivity contribution in [2.24, 2.45) is 11.8 Å². The molecule has 3 nitrogen and oxygen atoms in total. The average Bonchev–Trinajstić information content (AvgIpc) is 2.53.